The molecule has 2 aromatic carbocycles. The molecule has 1 amide bonds. The monoisotopic (exact) mass is 299 g/mol. The van der Waals surface area contributed by atoms with Gasteiger partial charge in [0.1, 0.15) is 0 Å². The van der Waals surface area contributed by atoms with Crippen molar-refractivity contribution in [3.8, 4) is 0 Å². The predicted molar refractivity (Wildman–Crippen MR) is 90.7 cm³/mol. The maximum atomic E-state index is 12.4. The zero-order valence-electron chi connectivity index (χ0n) is 11.9. The van der Waals surface area contributed by atoms with Gasteiger partial charge in [0.05, 0.1) is 11.3 Å². The second kappa shape index (κ2) is 6.37. The van der Waals surface area contributed by atoms with Gasteiger partial charge in [0.15, 0.2) is 5.11 Å². The first-order valence-electron chi connectivity index (χ1n) is 6.51. The summed E-state index contributed by atoms with van der Waals surface area (Å²) in [6, 6.07) is 13.0. The van der Waals surface area contributed by atoms with Crippen molar-refractivity contribution < 1.29 is 4.79 Å². The number of amides is 1. The van der Waals surface area contributed by atoms with Crippen LogP contribution in [0.2, 0.25) is 0 Å². The lowest BCUT2D eigenvalue weighted by atomic mass is 10.1. The van der Waals surface area contributed by atoms with Crippen LogP contribution >= 0.6 is 12.2 Å². The summed E-state index contributed by atoms with van der Waals surface area (Å²) in [6.45, 7) is 3.98. The van der Waals surface area contributed by atoms with E-state index >= 15 is 0 Å². The van der Waals surface area contributed by atoms with E-state index in [-0.39, 0.29) is 11.0 Å². The van der Waals surface area contributed by atoms with Crippen molar-refractivity contribution in [3.63, 3.8) is 0 Å². The zero-order valence-corrected chi connectivity index (χ0v) is 12.8. The smallest absolute Gasteiger partial charge is 0.257 e. The van der Waals surface area contributed by atoms with Crippen LogP contribution in [0, 0.1) is 13.8 Å². The average molecular weight is 299 g/mol. The fourth-order valence-electron chi connectivity index (χ4n) is 2.17. The molecule has 4 nitrogen and oxygen atoms in total. The van der Waals surface area contributed by atoms with Gasteiger partial charge in [-0.2, -0.15) is 0 Å². The van der Waals surface area contributed by atoms with Gasteiger partial charge in [-0.15, -0.1) is 0 Å². The molecule has 0 radical (unpaired) electrons. The highest BCUT2D eigenvalue weighted by atomic mass is 32.1. The quantitative estimate of drug-likeness (QED) is 0.761. The van der Waals surface area contributed by atoms with Crippen LogP contribution < -0.4 is 16.4 Å². The molecule has 0 saturated heterocycles. The van der Waals surface area contributed by atoms with Crippen LogP contribution in [0.1, 0.15) is 21.5 Å². The summed E-state index contributed by atoms with van der Waals surface area (Å²) >= 11 is 4.82. The molecule has 0 unspecified atom stereocenters. The fourth-order valence-corrected chi connectivity index (χ4v) is 2.28. The zero-order chi connectivity index (χ0) is 15.4. The van der Waals surface area contributed by atoms with E-state index in [1.807, 2.05) is 32.0 Å². The molecule has 4 N–H and O–H groups in total. The first-order chi connectivity index (χ1) is 9.95. The summed E-state index contributed by atoms with van der Waals surface area (Å²) in [5.41, 5.74) is 9.51. The first kappa shape index (κ1) is 15.0. The third-order valence-corrected chi connectivity index (χ3v) is 3.01. The molecular formula is C16H17N3OS. The topological polar surface area (TPSA) is 67.2 Å². The summed E-state index contributed by atoms with van der Waals surface area (Å²) in [6.07, 6.45) is 0. The Morgan fingerprint density at radius 1 is 1.05 bits per heavy atom. The lowest BCUT2D eigenvalue weighted by Crippen LogP contribution is -2.22. The van der Waals surface area contributed by atoms with E-state index in [4.69, 9.17) is 18.0 Å². The molecule has 0 aliphatic rings. The van der Waals surface area contributed by atoms with E-state index in [9.17, 15) is 4.79 Å². The fraction of sp³-hybridized carbons (Fsp3) is 0.125. The Morgan fingerprint density at radius 2 is 1.67 bits per heavy atom. The van der Waals surface area contributed by atoms with Gasteiger partial charge in [-0.05, 0) is 61.5 Å². The van der Waals surface area contributed by atoms with E-state index in [2.05, 4.69) is 16.7 Å². The Bertz CT molecular complexity index is 677. The van der Waals surface area contributed by atoms with Gasteiger partial charge in [-0.25, -0.2) is 0 Å². The van der Waals surface area contributed by atoms with Crippen LogP contribution in [0.25, 0.3) is 0 Å². The molecule has 0 heterocycles. The van der Waals surface area contributed by atoms with Crippen LogP contribution in [0.4, 0.5) is 11.4 Å². The Hall–Kier alpha value is -2.40. The van der Waals surface area contributed by atoms with Gasteiger partial charge in [-0.1, -0.05) is 18.2 Å². The summed E-state index contributed by atoms with van der Waals surface area (Å²) in [5, 5.41) is 5.83. The van der Waals surface area contributed by atoms with E-state index < -0.39 is 0 Å². The molecule has 0 aliphatic heterocycles. The van der Waals surface area contributed by atoms with Gasteiger partial charge < -0.3 is 16.4 Å². The summed E-state index contributed by atoms with van der Waals surface area (Å²) < 4.78 is 0. The number of benzene rings is 2. The van der Waals surface area contributed by atoms with Crippen molar-refractivity contribution in [1.82, 2.24) is 0 Å². The third kappa shape index (κ3) is 4.03. The Labute approximate surface area is 129 Å². The molecule has 0 spiro atoms. The number of rotatable bonds is 3. The second-order valence-electron chi connectivity index (χ2n) is 4.87. The molecular weight excluding hydrogens is 282 g/mol. The number of aryl methyl sites for hydroxylation is 2. The van der Waals surface area contributed by atoms with Gasteiger partial charge >= 0.3 is 0 Å². The average Bonchev–Trinajstić information content (AvgIpc) is 2.37. The second-order valence-corrected chi connectivity index (χ2v) is 5.31. The van der Waals surface area contributed by atoms with Crippen molar-refractivity contribution in [3.05, 3.63) is 59.2 Å². The summed E-state index contributed by atoms with van der Waals surface area (Å²) in [5.74, 6) is -0.209. The Kier molecular flexibility index (Phi) is 4.55. The van der Waals surface area contributed by atoms with E-state index in [1.165, 1.54) is 0 Å². The number of nitrogens with two attached hydrogens (primary N) is 1. The van der Waals surface area contributed by atoms with Crippen LogP contribution in [0.5, 0.6) is 0 Å². The van der Waals surface area contributed by atoms with Gasteiger partial charge in [0.25, 0.3) is 5.91 Å². The molecule has 0 aliphatic carbocycles. The number of thiocarbonyl (C=S) groups is 1. The molecule has 108 valence electrons. The minimum atomic E-state index is -0.209. The highest BCUT2D eigenvalue weighted by molar-refractivity contribution is 7.80. The number of anilines is 2. The van der Waals surface area contributed by atoms with Crippen molar-refractivity contribution in [2.75, 3.05) is 10.6 Å². The Balaban J connectivity index is 2.26. The number of para-hydroxylation sites is 1. The number of hydrogen-bond acceptors (Lipinski definition) is 2. The third-order valence-electron chi connectivity index (χ3n) is 2.91. The minimum Gasteiger partial charge on any atom is -0.376 e. The van der Waals surface area contributed by atoms with Crippen LogP contribution in [-0.4, -0.2) is 11.0 Å². The number of carbonyl (C=O) groups is 1. The molecule has 0 fully saturated rings. The summed E-state index contributed by atoms with van der Waals surface area (Å²) in [4.78, 5) is 12.4. The van der Waals surface area contributed by atoms with E-state index in [0.29, 0.717) is 11.3 Å². The van der Waals surface area contributed by atoms with Crippen molar-refractivity contribution in [2.45, 2.75) is 13.8 Å². The molecule has 0 aromatic heterocycles. The molecule has 2 rings (SSSR count). The lowest BCUT2D eigenvalue weighted by Gasteiger charge is -2.12. The maximum absolute atomic E-state index is 12.4. The van der Waals surface area contributed by atoms with Crippen molar-refractivity contribution >= 4 is 34.6 Å². The molecule has 0 atom stereocenters. The number of nitrogens with one attached hydrogen (secondary N) is 2. The van der Waals surface area contributed by atoms with Crippen LogP contribution in [0.15, 0.2) is 42.5 Å². The number of hydrogen-bond donors (Lipinski definition) is 3. The molecule has 21 heavy (non-hydrogen) atoms. The highest BCUT2D eigenvalue weighted by Crippen LogP contribution is 2.19. The Morgan fingerprint density at radius 3 is 2.29 bits per heavy atom. The van der Waals surface area contributed by atoms with Crippen LogP contribution in [0.3, 0.4) is 0 Å². The first-order valence-corrected chi connectivity index (χ1v) is 6.91. The molecule has 0 bridgehead atoms. The predicted octanol–water partition coefficient (Wildman–Crippen LogP) is 3.21. The van der Waals surface area contributed by atoms with E-state index in [1.54, 1.807) is 18.2 Å². The van der Waals surface area contributed by atoms with Gasteiger partial charge in [0.2, 0.25) is 0 Å². The van der Waals surface area contributed by atoms with Crippen molar-refractivity contribution in [2.24, 2.45) is 5.73 Å². The van der Waals surface area contributed by atoms with E-state index in [0.717, 1.165) is 16.8 Å². The lowest BCUT2D eigenvalue weighted by molar-refractivity contribution is 0.102. The van der Waals surface area contributed by atoms with Crippen molar-refractivity contribution in [1.29, 1.82) is 0 Å². The SMILES string of the molecule is Cc1cc(C)cc(NC(=O)c2ccccc2NC(N)=S)c1. The van der Waals surface area contributed by atoms with Gasteiger partial charge in [-0.3, -0.25) is 4.79 Å². The minimum absolute atomic E-state index is 0.127. The number of carbonyl (C=O) groups excluding carboxylic acids is 1. The van der Waals surface area contributed by atoms with Crippen LogP contribution in [-0.2, 0) is 0 Å². The highest BCUT2D eigenvalue weighted by Gasteiger charge is 2.11. The molecule has 0 saturated carbocycles. The van der Waals surface area contributed by atoms with Gasteiger partial charge in [0, 0.05) is 5.69 Å². The summed E-state index contributed by atoms with van der Waals surface area (Å²) in [7, 11) is 0. The normalized spacial score (nSPS) is 10.0. The maximum Gasteiger partial charge on any atom is 0.257 e. The molecule has 2 aromatic rings. The molecule has 5 heteroatoms. The standard InChI is InChI=1S/C16H17N3OS/c1-10-7-11(2)9-12(8-10)18-15(20)13-5-3-4-6-14(13)19-16(17)21/h3-9H,1-2H3,(H,18,20)(H3,17,19,21). The largest absolute Gasteiger partial charge is 0.376 e.